The highest BCUT2D eigenvalue weighted by atomic mass is 16.5. The molecule has 0 aliphatic rings. The molecule has 0 unspecified atom stereocenters. The van der Waals surface area contributed by atoms with Crippen LogP contribution < -0.4 is 14.2 Å². The molecule has 3 aromatic carbocycles. The lowest BCUT2D eigenvalue weighted by Gasteiger charge is -2.08. The first kappa shape index (κ1) is 20.5. The van der Waals surface area contributed by atoms with Crippen molar-refractivity contribution in [2.24, 2.45) is 0 Å². The van der Waals surface area contributed by atoms with Crippen LogP contribution in [0.3, 0.4) is 0 Å². The SMILES string of the molecule is CCOc1ccc(-c2cc3cc(OC)c(OC)cc3c(/C=C/c3ccccc3)[o+]2)cc1. The van der Waals surface area contributed by atoms with Gasteiger partial charge in [-0.15, -0.1) is 0 Å². The van der Waals surface area contributed by atoms with Gasteiger partial charge >= 0.3 is 11.5 Å². The molecular weight excluding hydrogens is 388 g/mol. The standard InChI is InChI=1S/C27H25O4/c1-4-30-22-13-11-20(12-14-22)25-16-21-17-26(28-2)27(29-3)18-23(21)24(31-25)15-10-19-8-6-5-7-9-19/h5-18H,4H2,1-3H3/q+1/b15-10+. The van der Waals surface area contributed by atoms with Gasteiger partial charge in [0.1, 0.15) is 5.75 Å². The van der Waals surface area contributed by atoms with E-state index in [0.717, 1.165) is 39.2 Å². The molecule has 0 saturated carbocycles. The Bertz CT molecular complexity index is 1200. The van der Waals surface area contributed by atoms with Crippen LogP contribution in [-0.4, -0.2) is 20.8 Å². The van der Waals surface area contributed by atoms with Crippen molar-refractivity contribution in [1.82, 2.24) is 0 Å². The van der Waals surface area contributed by atoms with Crippen molar-refractivity contribution in [3.05, 3.63) is 84.1 Å². The molecule has 0 spiro atoms. The predicted molar refractivity (Wildman–Crippen MR) is 126 cm³/mol. The van der Waals surface area contributed by atoms with E-state index < -0.39 is 0 Å². The summed E-state index contributed by atoms with van der Waals surface area (Å²) in [6, 6.07) is 24.0. The Hall–Kier alpha value is -3.79. The Morgan fingerprint density at radius 1 is 0.806 bits per heavy atom. The Kier molecular flexibility index (Phi) is 6.18. The molecule has 1 aromatic heterocycles. The topological polar surface area (TPSA) is 39.0 Å². The van der Waals surface area contributed by atoms with Gasteiger partial charge in [0.25, 0.3) is 0 Å². The normalized spacial score (nSPS) is 11.1. The smallest absolute Gasteiger partial charge is 0.361 e. The molecule has 4 heteroatoms. The van der Waals surface area contributed by atoms with E-state index in [-0.39, 0.29) is 0 Å². The fourth-order valence-corrected chi connectivity index (χ4v) is 3.46. The second-order valence-corrected chi connectivity index (χ2v) is 6.97. The lowest BCUT2D eigenvalue weighted by molar-refractivity contribution is 0.340. The molecule has 4 nitrogen and oxygen atoms in total. The summed E-state index contributed by atoms with van der Waals surface area (Å²) in [5.41, 5.74) is 2.06. The van der Waals surface area contributed by atoms with Gasteiger partial charge in [0.15, 0.2) is 11.5 Å². The van der Waals surface area contributed by atoms with Crippen LogP contribution >= 0.6 is 0 Å². The molecule has 0 atom stereocenters. The van der Waals surface area contributed by atoms with Gasteiger partial charge in [-0.2, -0.15) is 0 Å². The van der Waals surface area contributed by atoms with Gasteiger partial charge in [-0.25, -0.2) is 4.42 Å². The monoisotopic (exact) mass is 413 g/mol. The Morgan fingerprint density at radius 3 is 2.19 bits per heavy atom. The van der Waals surface area contributed by atoms with Crippen LogP contribution in [0.1, 0.15) is 18.2 Å². The third kappa shape index (κ3) is 4.53. The quantitative estimate of drug-likeness (QED) is 0.307. The zero-order chi connectivity index (χ0) is 21.6. The van der Waals surface area contributed by atoms with Gasteiger partial charge in [-0.05, 0) is 48.9 Å². The van der Waals surface area contributed by atoms with Crippen molar-refractivity contribution >= 4 is 22.9 Å². The number of ether oxygens (including phenoxy) is 3. The van der Waals surface area contributed by atoms with Crippen molar-refractivity contribution in [3.63, 3.8) is 0 Å². The summed E-state index contributed by atoms with van der Waals surface area (Å²) >= 11 is 0. The summed E-state index contributed by atoms with van der Waals surface area (Å²) in [4.78, 5) is 0. The summed E-state index contributed by atoms with van der Waals surface area (Å²) in [5.74, 6) is 3.68. The third-order valence-corrected chi connectivity index (χ3v) is 5.00. The summed E-state index contributed by atoms with van der Waals surface area (Å²) in [5, 5.41) is 1.94. The summed E-state index contributed by atoms with van der Waals surface area (Å²) in [6.07, 6.45) is 4.03. The highest BCUT2D eigenvalue weighted by Crippen LogP contribution is 2.37. The maximum absolute atomic E-state index is 6.35. The van der Waals surface area contributed by atoms with E-state index in [2.05, 4.69) is 12.1 Å². The van der Waals surface area contributed by atoms with Crippen LogP contribution in [0.4, 0.5) is 0 Å². The maximum Gasteiger partial charge on any atom is 0.361 e. The number of rotatable bonds is 7. The highest BCUT2D eigenvalue weighted by molar-refractivity contribution is 5.94. The van der Waals surface area contributed by atoms with E-state index in [1.54, 1.807) is 14.2 Å². The fraction of sp³-hybridized carbons (Fsp3) is 0.148. The second-order valence-electron chi connectivity index (χ2n) is 6.97. The average molecular weight is 413 g/mol. The predicted octanol–water partition coefficient (Wildman–Crippen LogP) is 6.97. The van der Waals surface area contributed by atoms with Crippen LogP contribution in [0.25, 0.3) is 34.2 Å². The molecule has 0 amide bonds. The molecule has 1 heterocycles. The Labute approximate surface area is 182 Å². The molecule has 0 N–H and O–H groups in total. The third-order valence-electron chi connectivity index (χ3n) is 5.00. The molecular formula is C27H25O4+. The molecule has 4 rings (SSSR count). The lowest BCUT2D eigenvalue weighted by Crippen LogP contribution is -1.93. The second kappa shape index (κ2) is 9.35. The van der Waals surface area contributed by atoms with Crippen LogP contribution in [-0.2, 0) is 0 Å². The van der Waals surface area contributed by atoms with Gasteiger partial charge in [0.2, 0.25) is 0 Å². The molecule has 156 valence electrons. The number of hydrogen-bond donors (Lipinski definition) is 0. The van der Waals surface area contributed by atoms with Crippen molar-refractivity contribution in [3.8, 4) is 28.6 Å². The number of fused-ring (bicyclic) bond motifs is 1. The van der Waals surface area contributed by atoms with Crippen LogP contribution in [0.5, 0.6) is 17.2 Å². The minimum absolute atomic E-state index is 0.635. The summed E-state index contributed by atoms with van der Waals surface area (Å²) < 4.78 is 22.9. The van der Waals surface area contributed by atoms with Crippen molar-refractivity contribution < 1.29 is 18.6 Å². The van der Waals surface area contributed by atoms with Crippen LogP contribution in [0.2, 0.25) is 0 Å². The Morgan fingerprint density at radius 2 is 1.52 bits per heavy atom. The summed E-state index contributed by atoms with van der Waals surface area (Å²) in [7, 11) is 3.27. The van der Waals surface area contributed by atoms with Gasteiger partial charge in [0.05, 0.1) is 37.8 Å². The Balaban J connectivity index is 1.86. The zero-order valence-electron chi connectivity index (χ0n) is 17.9. The molecule has 0 aliphatic heterocycles. The van der Waals surface area contributed by atoms with Gasteiger partial charge < -0.3 is 14.2 Å². The van der Waals surface area contributed by atoms with Crippen molar-refractivity contribution in [2.45, 2.75) is 6.92 Å². The average Bonchev–Trinajstić information content (AvgIpc) is 2.82. The van der Waals surface area contributed by atoms with E-state index in [1.165, 1.54) is 0 Å². The fourth-order valence-electron chi connectivity index (χ4n) is 3.46. The molecule has 0 radical (unpaired) electrons. The number of methoxy groups -OCH3 is 2. The molecule has 0 saturated heterocycles. The number of hydrogen-bond acceptors (Lipinski definition) is 3. The van der Waals surface area contributed by atoms with Crippen molar-refractivity contribution in [1.29, 1.82) is 0 Å². The first-order valence-corrected chi connectivity index (χ1v) is 10.2. The van der Waals surface area contributed by atoms with Gasteiger partial charge in [-0.3, -0.25) is 0 Å². The van der Waals surface area contributed by atoms with Gasteiger partial charge in [0, 0.05) is 17.5 Å². The van der Waals surface area contributed by atoms with Crippen LogP contribution in [0.15, 0.2) is 77.2 Å². The molecule has 4 aromatic rings. The molecule has 0 fully saturated rings. The van der Waals surface area contributed by atoms with E-state index in [4.69, 9.17) is 18.6 Å². The van der Waals surface area contributed by atoms with Gasteiger partial charge in [-0.1, -0.05) is 30.3 Å². The van der Waals surface area contributed by atoms with E-state index in [0.29, 0.717) is 18.1 Å². The first-order chi connectivity index (χ1) is 15.2. The maximum atomic E-state index is 6.35. The van der Waals surface area contributed by atoms with Crippen molar-refractivity contribution in [2.75, 3.05) is 20.8 Å². The molecule has 0 bridgehead atoms. The zero-order valence-corrected chi connectivity index (χ0v) is 17.9. The first-order valence-electron chi connectivity index (χ1n) is 10.2. The van der Waals surface area contributed by atoms with E-state index in [1.807, 2.05) is 79.7 Å². The lowest BCUT2D eigenvalue weighted by atomic mass is 10.0. The highest BCUT2D eigenvalue weighted by Gasteiger charge is 2.21. The van der Waals surface area contributed by atoms with Crippen LogP contribution in [0, 0.1) is 0 Å². The minimum Gasteiger partial charge on any atom is -0.494 e. The minimum atomic E-state index is 0.635. The van der Waals surface area contributed by atoms with E-state index >= 15 is 0 Å². The largest absolute Gasteiger partial charge is 0.494 e. The van der Waals surface area contributed by atoms with E-state index in [9.17, 15) is 0 Å². The molecule has 31 heavy (non-hydrogen) atoms. The summed E-state index contributed by atoms with van der Waals surface area (Å²) in [6.45, 7) is 2.61. The number of benzene rings is 3. The molecule has 0 aliphatic carbocycles.